The molecule has 0 aliphatic carbocycles. The number of carbonyl (C=O) groups is 1. The fourth-order valence-electron chi connectivity index (χ4n) is 2.42. The molecule has 5 nitrogen and oxygen atoms in total. The molecule has 3 rings (SSSR count). The van der Waals surface area contributed by atoms with E-state index in [9.17, 15) is 4.79 Å². The van der Waals surface area contributed by atoms with Crippen LogP contribution in [0.1, 0.15) is 20.8 Å². The van der Waals surface area contributed by atoms with Gasteiger partial charge in [0.05, 0.1) is 10.0 Å². The maximum Gasteiger partial charge on any atom is 0.323 e. The second-order valence-corrected chi connectivity index (χ2v) is 7.82. The van der Waals surface area contributed by atoms with Crippen molar-refractivity contribution in [2.45, 2.75) is 26.3 Å². The Morgan fingerprint density at radius 3 is 2.08 bits per heavy atom. The average molecular weight is 413 g/mol. The van der Waals surface area contributed by atoms with Gasteiger partial charge >= 0.3 is 6.03 Å². The number of carbonyl (C=O) groups excluding carboxylic acids is 1. The minimum atomic E-state index is -0.276. The molecule has 26 heavy (non-hydrogen) atoms. The summed E-state index contributed by atoms with van der Waals surface area (Å²) in [5.74, 6) is 0. The maximum atomic E-state index is 12.1. The Kier molecular flexibility index (Phi) is 5.13. The summed E-state index contributed by atoms with van der Waals surface area (Å²) in [4.78, 5) is 12.1. The summed E-state index contributed by atoms with van der Waals surface area (Å²) >= 11 is 3.58. The number of anilines is 2. The number of hydrogen-bond donors (Lipinski definition) is 2. The van der Waals surface area contributed by atoms with Crippen LogP contribution in [-0.4, -0.2) is 15.8 Å². The molecule has 0 unspecified atom stereocenters. The van der Waals surface area contributed by atoms with E-state index in [0.29, 0.717) is 5.69 Å². The van der Waals surface area contributed by atoms with Crippen molar-refractivity contribution in [3.05, 3.63) is 65.3 Å². The molecule has 1 heterocycles. The highest BCUT2D eigenvalue weighted by Gasteiger charge is 2.17. The van der Waals surface area contributed by atoms with E-state index in [4.69, 9.17) is 0 Å². The summed E-state index contributed by atoms with van der Waals surface area (Å²) in [5.41, 5.74) is 3.23. The molecule has 0 atom stereocenters. The number of nitrogens with zero attached hydrogens (tertiary/aromatic N) is 2. The Morgan fingerprint density at radius 2 is 1.54 bits per heavy atom. The fraction of sp³-hybridized carbons (Fsp3) is 0.200. The Bertz CT molecular complexity index is 896. The fourth-order valence-corrected chi connectivity index (χ4v) is 2.92. The lowest BCUT2D eigenvalue weighted by Crippen LogP contribution is -2.22. The van der Waals surface area contributed by atoms with E-state index in [1.165, 1.54) is 0 Å². The van der Waals surface area contributed by atoms with Crippen LogP contribution in [0.25, 0.3) is 11.3 Å². The summed E-state index contributed by atoms with van der Waals surface area (Å²) < 4.78 is 2.88. The van der Waals surface area contributed by atoms with Crippen LogP contribution in [0, 0.1) is 0 Å². The van der Waals surface area contributed by atoms with E-state index in [0.717, 1.165) is 21.4 Å². The van der Waals surface area contributed by atoms with Gasteiger partial charge in [0, 0.05) is 23.1 Å². The highest BCUT2D eigenvalue weighted by Crippen LogP contribution is 2.29. The van der Waals surface area contributed by atoms with Crippen molar-refractivity contribution >= 4 is 33.3 Å². The third-order valence-corrected chi connectivity index (χ3v) is 4.39. The van der Waals surface area contributed by atoms with Gasteiger partial charge in [0.25, 0.3) is 0 Å². The van der Waals surface area contributed by atoms with Crippen LogP contribution in [0.4, 0.5) is 16.2 Å². The van der Waals surface area contributed by atoms with Gasteiger partial charge in [0.1, 0.15) is 5.69 Å². The van der Waals surface area contributed by atoms with Crippen LogP contribution in [0.3, 0.4) is 0 Å². The number of nitrogens with one attached hydrogen (secondary N) is 2. The number of aromatic nitrogens is 2. The molecule has 0 aliphatic heterocycles. The van der Waals surface area contributed by atoms with Crippen LogP contribution < -0.4 is 10.6 Å². The number of hydrogen-bond acceptors (Lipinski definition) is 2. The van der Waals surface area contributed by atoms with Crippen LogP contribution in [0.15, 0.2) is 65.3 Å². The van der Waals surface area contributed by atoms with Gasteiger partial charge in [-0.15, -0.1) is 0 Å². The molecular formula is C20H21BrN4O. The summed E-state index contributed by atoms with van der Waals surface area (Å²) in [6.45, 7) is 6.32. The number of benzene rings is 2. The highest BCUT2D eigenvalue weighted by atomic mass is 79.9. The summed E-state index contributed by atoms with van der Waals surface area (Å²) in [7, 11) is 0. The molecule has 6 heteroatoms. The molecule has 0 bridgehead atoms. The molecule has 0 aliphatic rings. The standard InChI is InChI=1S/C20H21BrN4O/c1-20(2,3)25-13-17(21)18(24-25)14-9-11-16(12-10-14)23-19(26)22-15-7-5-4-6-8-15/h4-13H,1-3H3,(H2,22,23,26). The van der Waals surface area contributed by atoms with Crippen molar-refractivity contribution in [2.75, 3.05) is 10.6 Å². The predicted molar refractivity (Wildman–Crippen MR) is 109 cm³/mol. The van der Waals surface area contributed by atoms with Crippen LogP contribution in [-0.2, 0) is 5.54 Å². The number of halogens is 1. The van der Waals surface area contributed by atoms with E-state index in [2.05, 4.69) is 52.4 Å². The Labute approximate surface area is 161 Å². The topological polar surface area (TPSA) is 59.0 Å². The molecule has 134 valence electrons. The predicted octanol–water partition coefficient (Wildman–Crippen LogP) is 5.71. The van der Waals surface area contributed by atoms with Gasteiger partial charge in [-0.1, -0.05) is 30.3 Å². The first-order valence-electron chi connectivity index (χ1n) is 8.32. The molecule has 0 saturated heterocycles. The van der Waals surface area contributed by atoms with Crippen molar-refractivity contribution in [1.29, 1.82) is 0 Å². The van der Waals surface area contributed by atoms with Gasteiger partial charge in [-0.3, -0.25) is 4.68 Å². The van der Waals surface area contributed by atoms with E-state index >= 15 is 0 Å². The van der Waals surface area contributed by atoms with E-state index in [1.807, 2.05) is 65.5 Å². The molecule has 3 aromatic rings. The zero-order chi connectivity index (χ0) is 18.7. The number of para-hydroxylation sites is 1. The summed E-state index contributed by atoms with van der Waals surface area (Å²) in [6.07, 6.45) is 1.98. The second-order valence-electron chi connectivity index (χ2n) is 6.96. The monoisotopic (exact) mass is 412 g/mol. The lowest BCUT2D eigenvalue weighted by Gasteiger charge is -2.18. The first-order valence-corrected chi connectivity index (χ1v) is 9.11. The van der Waals surface area contributed by atoms with Gasteiger partial charge < -0.3 is 10.6 Å². The zero-order valence-corrected chi connectivity index (χ0v) is 16.5. The van der Waals surface area contributed by atoms with Gasteiger partial charge in [-0.25, -0.2) is 4.79 Å². The number of urea groups is 1. The normalized spacial score (nSPS) is 11.2. The van der Waals surface area contributed by atoms with Crippen molar-refractivity contribution in [3.8, 4) is 11.3 Å². The highest BCUT2D eigenvalue weighted by molar-refractivity contribution is 9.10. The molecule has 2 N–H and O–H groups in total. The molecule has 0 radical (unpaired) electrons. The van der Waals surface area contributed by atoms with Gasteiger partial charge in [0.15, 0.2) is 0 Å². The Balaban J connectivity index is 1.71. The third-order valence-electron chi connectivity index (χ3n) is 3.80. The van der Waals surface area contributed by atoms with Gasteiger partial charge in [-0.2, -0.15) is 5.10 Å². The largest absolute Gasteiger partial charge is 0.323 e. The maximum absolute atomic E-state index is 12.1. The smallest absolute Gasteiger partial charge is 0.308 e. The number of amides is 2. The lowest BCUT2D eigenvalue weighted by atomic mass is 10.1. The molecule has 0 fully saturated rings. The third kappa shape index (κ3) is 4.32. The molecular weight excluding hydrogens is 392 g/mol. The van der Waals surface area contributed by atoms with E-state index < -0.39 is 0 Å². The lowest BCUT2D eigenvalue weighted by molar-refractivity contribution is 0.262. The summed E-state index contributed by atoms with van der Waals surface area (Å²) in [6, 6.07) is 16.7. The quantitative estimate of drug-likeness (QED) is 0.578. The van der Waals surface area contributed by atoms with Gasteiger partial charge in [-0.05, 0) is 61.0 Å². The molecule has 1 aromatic heterocycles. The zero-order valence-electron chi connectivity index (χ0n) is 15.0. The van der Waals surface area contributed by atoms with Crippen molar-refractivity contribution in [3.63, 3.8) is 0 Å². The SMILES string of the molecule is CC(C)(C)n1cc(Br)c(-c2ccc(NC(=O)Nc3ccccc3)cc2)n1. The van der Waals surface area contributed by atoms with Crippen LogP contribution in [0.5, 0.6) is 0 Å². The minimum absolute atomic E-state index is 0.0855. The first-order chi connectivity index (χ1) is 12.3. The average Bonchev–Trinajstić information content (AvgIpc) is 2.98. The van der Waals surface area contributed by atoms with Crippen molar-refractivity contribution < 1.29 is 4.79 Å². The number of rotatable bonds is 3. The Morgan fingerprint density at radius 1 is 0.962 bits per heavy atom. The van der Waals surface area contributed by atoms with Gasteiger partial charge in [0.2, 0.25) is 0 Å². The summed E-state index contributed by atoms with van der Waals surface area (Å²) in [5, 5.41) is 10.3. The van der Waals surface area contributed by atoms with Crippen LogP contribution in [0.2, 0.25) is 0 Å². The Hall–Kier alpha value is -2.60. The molecule has 2 amide bonds. The van der Waals surface area contributed by atoms with Crippen molar-refractivity contribution in [1.82, 2.24) is 9.78 Å². The minimum Gasteiger partial charge on any atom is -0.308 e. The van der Waals surface area contributed by atoms with Crippen LogP contribution >= 0.6 is 15.9 Å². The second kappa shape index (κ2) is 7.33. The van der Waals surface area contributed by atoms with Crippen molar-refractivity contribution in [2.24, 2.45) is 0 Å². The first kappa shape index (κ1) is 18.2. The molecule has 0 spiro atoms. The molecule has 2 aromatic carbocycles. The van der Waals surface area contributed by atoms with E-state index in [1.54, 1.807) is 0 Å². The molecule has 0 saturated carbocycles. The van der Waals surface area contributed by atoms with E-state index in [-0.39, 0.29) is 11.6 Å².